The molecule has 4 rings (SSSR count). The Bertz CT molecular complexity index is 724. The Morgan fingerprint density at radius 3 is 2.83 bits per heavy atom. The van der Waals surface area contributed by atoms with Crippen LogP contribution in [-0.2, 0) is 11.2 Å². The molecule has 4 heteroatoms. The summed E-state index contributed by atoms with van der Waals surface area (Å²) in [5.74, 6) is 1.31. The summed E-state index contributed by atoms with van der Waals surface area (Å²) in [4.78, 5) is 16.6. The van der Waals surface area contributed by atoms with Crippen molar-refractivity contribution in [1.29, 1.82) is 0 Å². The number of ether oxygens (including phenoxy) is 1. The van der Waals surface area contributed by atoms with Crippen molar-refractivity contribution in [3.63, 3.8) is 0 Å². The molecule has 1 amide bonds. The molecule has 1 N–H and O–H groups in total. The highest BCUT2D eigenvalue weighted by Crippen LogP contribution is 2.37. The number of nitrogens with zero attached hydrogens (tertiary/aromatic N) is 1. The average Bonchev–Trinajstić information content (AvgIpc) is 3.29. The molecule has 1 fully saturated rings. The number of carbonyl (C=O) groups excluding carboxylic acids is 1. The zero-order valence-corrected chi connectivity index (χ0v) is 13.7. The Morgan fingerprint density at radius 1 is 1.17 bits per heavy atom. The van der Waals surface area contributed by atoms with Crippen LogP contribution in [-0.4, -0.2) is 23.5 Å². The minimum atomic E-state index is 0.00946. The molecule has 1 saturated carbocycles. The number of hydrogen-bond donors (Lipinski definition) is 1. The van der Waals surface area contributed by atoms with Gasteiger partial charge in [-0.2, -0.15) is 0 Å². The molecule has 0 radical (unpaired) electrons. The first kappa shape index (κ1) is 15.2. The molecule has 1 aromatic carbocycles. The van der Waals surface area contributed by atoms with Gasteiger partial charge in [0.15, 0.2) is 0 Å². The number of pyridine rings is 1. The lowest BCUT2D eigenvalue weighted by atomic mass is 10.0. The van der Waals surface area contributed by atoms with Crippen molar-refractivity contribution in [2.45, 2.75) is 38.2 Å². The fourth-order valence-corrected chi connectivity index (χ4v) is 3.72. The van der Waals surface area contributed by atoms with Gasteiger partial charge in [-0.3, -0.25) is 9.78 Å². The van der Waals surface area contributed by atoms with Crippen molar-refractivity contribution in [2.75, 3.05) is 6.54 Å². The monoisotopic (exact) mass is 322 g/mol. The van der Waals surface area contributed by atoms with Crippen LogP contribution in [0, 0.1) is 5.92 Å². The Hall–Kier alpha value is -2.36. The fraction of sp³-hybridized carbons (Fsp3) is 0.400. The highest BCUT2D eigenvalue weighted by molar-refractivity contribution is 5.79. The van der Waals surface area contributed by atoms with Crippen LogP contribution in [0.5, 0.6) is 5.75 Å². The summed E-state index contributed by atoms with van der Waals surface area (Å²) in [7, 11) is 0. The molecule has 0 saturated heterocycles. The molecule has 4 nitrogen and oxygen atoms in total. The minimum absolute atomic E-state index is 0.00946. The summed E-state index contributed by atoms with van der Waals surface area (Å²) in [6.45, 7) is 0.575. The molecule has 1 aromatic heterocycles. The van der Waals surface area contributed by atoms with Gasteiger partial charge in [0.25, 0.3) is 0 Å². The standard InChI is InChI=1S/C20H22N2O2/c23-20(14-6-1-2-7-14)22-13-16-12-15-8-5-9-17(19(15)24-16)18-10-3-4-11-21-18/h3-5,8-11,14,16H,1-2,6-7,12-13H2,(H,22,23). The summed E-state index contributed by atoms with van der Waals surface area (Å²) < 4.78 is 6.15. The van der Waals surface area contributed by atoms with E-state index >= 15 is 0 Å². The zero-order valence-electron chi connectivity index (χ0n) is 13.7. The highest BCUT2D eigenvalue weighted by atomic mass is 16.5. The van der Waals surface area contributed by atoms with Gasteiger partial charge in [-0.25, -0.2) is 0 Å². The predicted molar refractivity (Wildman–Crippen MR) is 92.8 cm³/mol. The summed E-state index contributed by atoms with van der Waals surface area (Å²) in [5.41, 5.74) is 3.14. The number of fused-ring (bicyclic) bond motifs is 1. The van der Waals surface area contributed by atoms with Gasteiger partial charge < -0.3 is 10.1 Å². The van der Waals surface area contributed by atoms with E-state index in [2.05, 4.69) is 16.4 Å². The van der Waals surface area contributed by atoms with E-state index in [1.807, 2.05) is 30.3 Å². The third-order valence-electron chi connectivity index (χ3n) is 5.00. The van der Waals surface area contributed by atoms with E-state index in [1.54, 1.807) is 6.20 Å². The lowest BCUT2D eigenvalue weighted by molar-refractivity contribution is -0.125. The number of carbonyl (C=O) groups is 1. The van der Waals surface area contributed by atoms with Crippen LogP contribution in [0.4, 0.5) is 0 Å². The molecular weight excluding hydrogens is 300 g/mol. The zero-order chi connectivity index (χ0) is 16.4. The Balaban J connectivity index is 1.43. The van der Waals surface area contributed by atoms with Crippen molar-refractivity contribution in [3.8, 4) is 17.0 Å². The van der Waals surface area contributed by atoms with Crippen molar-refractivity contribution in [1.82, 2.24) is 10.3 Å². The molecule has 1 atom stereocenters. The van der Waals surface area contributed by atoms with Crippen molar-refractivity contribution in [2.24, 2.45) is 5.92 Å². The molecule has 124 valence electrons. The number of nitrogens with one attached hydrogen (secondary N) is 1. The van der Waals surface area contributed by atoms with Crippen LogP contribution >= 0.6 is 0 Å². The molecular formula is C20H22N2O2. The summed E-state index contributed by atoms with van der Waals surface area (Å²) >= 11 is 0. The second-order valence-corrected chi connectivity index (χ2v) is 6.68. The first-order valence-corrected chi connectivity index (χ1v) is 8.79. The SMILES string of the molecule is O=C(NCC1Cc2cccc(-c3ccccn3)c2O1)C1CCCC1. The van der Waals surface area contributed by atoms with Gasteiger partial charge in [0, 0.05) is 24.1 Å². The van der Waals surface area contributed by atoms with Crippen LogP contribution in [0.15, 0.2) is 42.6 Å². The number of rotatable bonds is 4. The molecule has 2 aliphatic rings. The van der Waals surface area contributed by atoms with Crippen molar-refractivity contribution in [3.05, 3.63) is 48.2 Å². The lowest BCUT2D eigenvalue weighted by Crippen LogP contribution is -2.37. The molecule has 24 heavy (non-hydrogen) atoms. The maximum atomic E-state index is 12.2. The van der Waals surface area contributed by atoms with Crippen LogP contribution in [0.1, 0.15) is 31.2 Å². The highest BCUT2D eigenvalue weighted by Gasteiger charge is 2.28. The van der Waals surface area contributed by atoms with E-state index in [-0.39, 0.29) is 17.9 Å². The third-order valence-corrected chi connectivity index (χ3v) is 5.00. The first-order chi connectivity index (χ1) is 11.8. The summed E-state index contributed by atoms with van der Waals surface area (Å²) in [6.07, 6.45) is 7.05. The largest absolute Gasteiger partial charge is 0.487 e. The number of hydrogen-bond acceptors (Lipinski definition) is 3. The molecule has 0 bridgehead atoms. The van der Waals surface area contributed by atoms with Crippen LogP contribution in [0.25, 0.3) is 11.3 Å². The maximum Gasteiger partial charge on any atom is 0.223 e. The maximum absolute atomic E-state index is 12.2. The second kappa shape index (κ2) is 6.63. The van der Waals surface area contributed by atoms with Gasteiger partial charge in [0.1, 0.15) is 11.9 Å². The number of benzene rings is 1. The Labute approximate surface area is 142 Å². The first-order valence-electron chi connectivity index (χ1n) is 8.79. The van der Waals surface area contributed by atoms with Gasteiger partial charge >= 0.3 is 0 Å². The fourth-order valence-electron chi connectivity index (χ4n) is 3.72. The predicted octanol–water partition coefficient (Wildman–Crippen LogP) is 3.36. The van der Waals surface area contributed by atoms with E-state index in [4.69, 9.17) is 4.74 Å². The molecule has 1 aliphatic heterocycles. The van der Waals surface area contributed by atoms with E-state index in [0.717, 1.165) is 36.3 Å². The van der Waals surface area contributed by atoms with Crippen LogP contribution in [0.2, 0.25) is 0 Å². The molecule has 1 aliphatic carbocycles. The minimum Gasteiger partial charge on any atom is -0.487 e. The molecule has 2 heterocycles. The number of amides is 1. The topological polar surface area (TPSA) is 51.2 Å². The van der Waals surface area contributed by atoms with Crippen molar-refractivity contribution >= 4 is 5.91 Å². The lowest BCUT2D eigenvalue weighted by Gasteiger charge is -2.15. The van der Waals surface area contributed by atoms with Gasteiger partial charge in [0.05, 0.1) is 12.2 Å². The second-order valence-electron chi connectivity index (χ2n) is 6.68. The molecule has 0 spiro atoms. The van der Waals surface area contributed by atoms with Gasteiger partial charge in [-0.1, -0.05) is 31.0 Å². The third kappa shape index (κ3) is 3.01. The van der Waals surface area contributed by atoms with Gasteiger partial charge in [-0.05, 0) is 36.6 Å². The average molecular weight is 322 g/mol. The van der Waals surface area contributed by atoms with E-state index in [1.165, 1.54) is 18.4 Å². The van der Waals surface area contributed by atoms with Crippen LogP contribution < -0.4 is 10.1 Å². The van der Waals surface area contributed by atoms with Gasteiger partial charge in [0.2, 0.25) is 5.91 Å². The van der Waals surface area contributed by atoms with Crippen LogP contribution in [0.3, 0.4) is 0 Å². The Kier molecular flexibility index (Phi) is 4.20. The molecule has 1 unspecified atom stereocenters. The molecule has 2 aromatic rings. The summed E-state index contributed by atoms with van der Waals surface area (Å²) in [6, 6.07) is 12.1. The van der Waals surface area contributed by atoms with Gasteiger partial charge in [-0.15, -0.1) is 0 Å². The van der Waals surface area contributed by atoms with E-state index < -0.39 is 0 Å². The summed E-state index contributed by atoms with van der Waals surface area (Å²) in [5, 5.41) is 3.08. The van der Waals surface area contributed by atoms with E-state index in [0.29, 0.717) is 6.54 Å². The van der Waals surface area contributed by atoms with E-state index in [9.17, 15) is 4.79 Å². The number of para-hydroxylation sites is 1. The smallest absolute Gasteiger partial charge is 0.223 e. The Morgan fingerprint density at radius 2 is 2.04 bits per heavy atom. The number of aromatic nitrogens is 1. The normalized spacial score (nSPS) is 19.8. The quantitative estimate of drug-likeness (QED) is 0.939. The van der Waals surface area contributed by atoms with Crippen molar-refractivity contribution < 1.29 is 9.53 Å².